The van der Waals surface area contributed by atoms with Gasteiger partial charge in [0, 0.05) is 5.92 Å². The molecule has 0 aliphatic heterocycles. The van der Waals surface area contributed by atoms with Crippen molar-refractivity contribution in [1.82, 2.24) is 0 Å². The summed E-state index contributed by atoms with van der Waals surface area (Å²) in [5, 5.41) is 0. The minimum atomic E-state index is 0.612. The van der Waals surface area contributed by atoms with Crippen LogP contribution in [0.15, 0.2) is 36.4 Å². The molecule has 146 valence electrons. The van der Waals surface area contributed by atoms with Gasteiger partial charge in [0.15, 0.2) is 0 Å². The fourth-order valence-corrected chi connectivity index (χ4v) is 5.02. The third kappa shape index (κ3) is 6.27. The summed E-state index contributed by atoms with van der Waals surface area (Å²) in [5.41, 5.74) is 2.99. The predicted molar refractivity (Wildman–Crippen MR) is 118 cm³/mol. The number of hydrogen-bond donors (Lipinski definition) is 0. The molecule has 2 aliphatic rings. The SMILES string of the molecule is CCCC1CCC(C=CC#CC2CCC(c3ccc(CC)cc3)CC2)CC1. The number of hydrogen-bond acceptors (Lipinski definition) is 0. The summed E-state index contributed by atoms with van der Waals surface area (Å²) in [6.07, 6.45) is 19.2. The summed E-state index contributed by atoms with van der Waals surface area (Å²) < 4.78 is 0. The highest BCUT2D eigenvalue weighted by Gasteiger charge is 2.21. The molecule has 0 radical (unpaired) electrons. The Balaban J connectivity index is 1.39. The van der Waals surface area contributed by atoms with Crippen LogP contribution in [-0.2, 0) is 6.42 Å². The summed E-state index contributed by atoms with van der Waals surface area (Å²) in [6, 6.07) is 9.32. The topological polar surface area (TPSA) is 0 Å². The van der Waals surface area contributed by atoms with E-state index in [2.05, 4.69) is 62.1 Å². The van der Waals surface area contributed by atoms with Crippen molar-refractivity contribution in [2.24, 2.45) is 17.8 Å². The van der Waals surface area contributed by atoms with Crippen molar-refractivity contribution in [2.45, 2.75) is 90.4 Å². The van der Waals surface area contributed by atoms with Gasteiger partial charge in [-0.2, -0.15) is 0 Å². The molecule has 2 saturated carbocycles. The van der Waals surface area contributed by atoms with Crippen LogP contribution in [0.3, 0.4) is 0 Å². The van der Waals surface area contributed by atoms with Crippen LogP contribution in [0.25, 0.3) is 0 Å². The van der Waals surface area contributed by atoms with E-state index in [0.29, 0.717) is 5.92 Å². The van der Waals surface area contributed by atoms with Gasteiger partial charge >= 0.3 is 0 Å². The lowest BCUT2D eigenvalue weighted by molar-refractivity contribution is 0.294. The van der Waals surface area contributed by atoms with Crippen LogP contribution in [0.5, 0.6) is 0 Å². The van der Waals surface area contributed by atoms with Gasteiger partial charge in [0.1, 0.15) is 0 Å². The standard InChI is InChI=1S/C27H38/c1-3-7-23-10-12-24(13-11-23)8-5-6-9-25-16-20-27(21-17-25)26-18-14-22(4-2)15-19-26/h5,8,14-15,18-19,23-25,27H,3-4,7,10-13,16-17,20-21H2,1-2H3. The number of allylic oxidation sites excluding steroid dienone is 2. The van der Waals surface area contributed by atoms with E-state index in [-0.39, 0.29) is 0 Å². The molecule has 27 heavy (non-hydrogen) atoms. The van der Waals surface area contributed by atoms with Crippen molar-refractivity contribution < 1.29 is 0 Å². The van der Waals surface area contributed by atoms with Crippen LogP contribution in [0.1, 0.15) is 95.1 Å². The van der Waals surface area contributed by atoms with Gasteiger partial charge in [-0.3, -0.25) is 0 Å². The average molecular weight is 363 g/mol. The first-order valence-corrected chi connectivity index (χ1v) is 11.5. The van der Waals surface area contributed by atoms with E-state index in [4.69, 9.17) is 0 Å². The second kappa shape index (κ2) is 10.8. The molecule has 0 aromatic heterocycles. The highest BCUT2D eigenvalue weighted by Crippen LogP contribution is 2.35. The lowest BCUT2D eigenvalue weighted by Crippen LogP contribution is -2.12. The Morgan fingerprint density at radius 3 is 2.22 bits per heavy atom. The molecule has 3 rings (SSSR count). The Labute approximate surface area is 167 Å². The average Bonchev–Trinajstić information content (AvgIpc) is 2.73. The molecule has 2 fully saturated rings. The molecule has 0 unspecified atom stereocenters. The minimum absolute atomic E-state index is 0.612. The zero-order chi connectivity index (χ0) is 18.9. The van der Waals surface area contributed by atoms with Crippen LogP contribution in [-0.4, -0.2) is 0 Å². The van der Waals surface area contributed by atoms with Crippen molar-refractivity contribution in [3.63, 3.8) is 0 Å². The van der Waals surface area contributed by atoms with Crippen LogP contribution in [0, 0.1) is 29.6 Å². The largest absolute Gasteiger partial charge is 0.0951 e. The Hall–Kier alpha value is -1.48. The van der Waals surface area contributed by atoms with Gasteiger partial charge in [0.25, 0.3) is 0 Å². The van der Waals surface area contributed by atoms with E-state index < -0.39 is 0 Å². The van der Waals surface area contributed by atoms with Gasteiger partial charge in [-0.1, -0.05) is 68.9 Å². The zero-order valence-corrected chi connectivity index (χ0v) is 17.6. The highest BCUT2D eigenvalue weighted by atomic mass is 14.3. The Morgan fingerprint density at radius 1 is 0.889 bits per heavy atom. The molecule has 0 N–H and O–H groups in total. The van der Waals surface area contributed by atoms with E-state index in [1.165, 1.54) is 75.3 Å². The maximum Gasteiger partial charge on any atom is 0.0206 e. The van der Waals surface area contributed by atoms with Gasteiger partial charge in [-0.25, -0.2) is 0 Å². The van der Waals surface area contributed by atoms with Crippen molar-refractivity contribution in [3.8, 4) is 11.8 Å². The third-order valence-corrected chi connectivity index (χ3v) is 6.91. The molecule has 0 atom stereocenters. The Bertz CT molecular complexity index is 623. The summed E-state index contributed by atoms with van der Waals surface area (Å²) in [6.45, 7) is 4.54. The molecule has 0 bridgehead atoms. The lowest BCUT2D eigenvalue weighted by atomic mass is 9.78. The predicted octanol–water partition coefficient (Wildman–Crippen LogP) is 7.69. The Morgan fingerprint density at radius 2 is 1.59 bits per heavy atom. The molecule has 1 aromatic rings. The number of aryl methyl sites for hydroxylation is 1. The van der Waals surface area contributed by atoms with Gasteiger partial charge in [-0.15, -0.1) is 0 Å². The van der Waals surface area contributed by atoms with Gasteiger partial charge in [-0.05, 0) is 92.7 Å². The summed E-state index contributed by atoms with van der Waals surface area (Å²) in [5.74, 6) is 10.1. The molecule has 0 saturated heterocycles. The summed E-state index contributed by atoms with van der Waals surface area (Å²) in [7, 11) is 0. The van der Waals surface area contributed by atoms with Crippen LogP contribution in [0.2, 0.25) is 0 Å². The smallest absolute Gasteiger partial charge is 0.0206 e. The molecule has 0 nitrogen and oxygen atoms in total. The normalized spacial score (nSPS) is 28.7. The second-order valence-corrected chi connectivity index (χ2v) is 8.86. The maximum atomic E-state index is 3.54. The first-order valence-electron chi connectivity index (χ1n) is 11.5. The van der Waals surface area contributed by atoms with Crippen molar-refractivity contribution in [1.29, 1.82) is 0 Å². The first-order chi connectivity index (χ1) is 13.3. The van der Waals surface area contributed by atoms with E-state index in [1.807, 2.05) is 0 Å². The molecule has 0 heteroatoms. The molecule has 1 aromatic carbocycles. The van der Waals surface area contributed by atoms with Gasteiger partial charge in [0.2, 0.25) is 0 Å². The minimum Gasteiger partial charge on any atom is -0.0951 e. The fourth-order valence-electron chi connectivity index (χ4n) is 5.02. The lowest BCUT2D eigenvalue weighted by Gasteiger charge is -2.26. The second-order valence-electron chi connectivity index (χ2n) is 8.86. The van der Waals surface area contributed by atoms with Crippen LogP contribution in [0.4, 0.5) is 0 Å². The molecule has 2 aliphatic carbocycles. The van der Waals surface area contributed by atoms with E-state index in [0.717, 1.165) is 24.2 Å². The number of benzene rings is 1. The van der Waals surface area contributed by atoms with Crippen LogP contribution >= 0.6 is 0 Å². The Kier molecular flexibility index (Phi) is 8.07. The van der Waals surface area contributed by atoms with Crippen LogP contribution < -0.4 is 0 Å². The summed E-state index contributed by atoms with van der Waals surface area (Å²) in [4.78, 5) is 0. The molecular weight excluding hydrogens is 324 g/mol. The van der Waals surface area contributed by atoms with E-state index >= 15 is 0 Å². The highest BCUT2D eigenvalue weighted by molar-refractivity contribution is 5.26. The van der Waals surface area contributed by atoms with Crippen molar-refractivity contribution in [3.05, 3.63) is 47.5 Å². The monoisotopic (exact) mass is 362 g/mol. The summed E-state index contributed by atoms with van der Waals surface area (Å²) >= 11 is 0. The van der Waals surface area contributed by atoms with Crippen molar-refractivity contribution >= 4 is 0 Å². The number of rotatable bonds is 5. The molecule has 0 amide bonds. The molecule has 0 spiro atoms. The van der Waals surface area contributed by atoms with Gasteiger partial charge in [0.05, 0.1) is 0 Å². The van der Waals surface area contributed by atoms with E-state index in [9.17, 15) is 0 Å². The van der Waals surface area contributed by atoms with Gasteiger partial charge < -0.3 is 0 Å². The quantitative estimate of drug-likeness (QED) is 0.471. The molecular formula is C27H38. The molecule has 0 heterocycles. The zero-order valence-electron chi connectivity index (χ0n) is 17.6. The van der Waals surface area contributed by atoms with Crippen molar-refractivity contribution in [2.75, 3.05) is 0 Å². The first kappa shape index (κ1) is 20.3. The third-order valence-electron chi connectivity index (χ3n) is 6.91. The van der Waals surface area contributed by atoms with E-state index in [1.54, 1.807) is 0 Å². The fraction of sp³-hybridized carbons (Fsp3) is 0.630. The maximum absolute atomic E-state index is 3.54.